The number of rotatable bonds is 17. The average molecular weight is 389 g/mol. The second kappa shape index (κ2) is 19.1. The fraction of sp³-hybridized carbons (Fsp3) is 1.00. The van der Waals surface area contributed by atoms with Crippen LogP contribution in [0.5, 0.6) is 0 Å². The topological polar surface area (TPSA) is 72.4 Å². The zero-order valence-electron chi connectivity index (χ0n) is 16.0. The van der Waals surface area contributed by atoms with Gasteiger partial charge in [-0.05, 0) is 18.8 Å². The van der Waals surface area contributed by atoms with Crippen LogP contribution in [-0.4, -0.2) is 44.3 Å². The molecule has 0 heterocycles. The van der Waals surface area contributed by atoms with E-state index in [4.69, 9.17) is 0 Å². The van der Waals surface area contributed by atoms with E-state index < -0.39 is 7.82 Å². The Morgan fingerprint density at radius 3 is 1.50 bits per heavy atom. The molecule has 4 nitrogen and oxygen atoms in total. The zero-order chi connectivity index (χ0) is 17.4. The monoisotopic (exact) mass is 388 g/mol. The van der Waals surface area contributed by atoms with Crippen LogP contribution in [-0.2, 0) is 9.09 Å². The fourth-order valence-electron chi connectivity index (χ4n) is 2.93. The molecule has 0 spiro atoms. The van der Waals surface area contributed by atoms with Gasteiger partial charge < -0.3 is 18.9 Å². The predicted molar refractivity (Wildman–Crippen MR) is 98.8 cm³/mol. The molecule has 0 N–H and O–H groups in total. The van der Waals surface area contributed by atoms with Crippen molar-refractivity contribution in [3.8, 4) is 0 Å². The smallest absolute Gasteiger partial charge is 0.790 e. The van der Waals surface area contributed by atoms with Crippen molar-refractivity contribution < 1.29 is 18.9 Å². The molecule has 0 saturated carbocycles. The summed E-state index contributed by atoms with van der Waals surface area (Å²) in [7, 11) is -4.83. The van der Waals surface area contributed by atoms with Crippen molar-refractivity contribution in [2.24, 2.45) is 5.92 Å². The van der Waals surface area contributed by atoms with Crippen LogP contribution in [0, 0.1) is 5.92 Å². The Morgan fingerprint density at radius 2 is 1.12 bits per heavy atom. The minimum absolute atomic E-state index is 0. The van der Waals surface area contributed by atoms with Gasteiger partial charge in [0.2, 0.25) is 0 Å². The maximum absolute atomic E-state index is 10.7. The average Bonchev–Trinajstić information content (AvgIpc) is 2.49. The van der Waals surface area contributed by atoms with E-state index in [2.05, 4.69) is 18.4 Å². The summed E-state index contributed by atoms with van der Waals surface area (Å²) in [4.78, 5) is 21.4. The van der Waals surface area contributed by atoms with Crippen LogP contribution < -0.4 is 9.79 Å². The molecule has 0 aromatic carbocycles. The van der Waals surface area contributed by atoms with Gasteiger partial charge in [0.1, 0.15) is 0 Å². The molecule has 0 aromatic heterocycles. The third kappa shape index (κ3) is 21.4. The third-order valence-electron chi connectivity index (χ3n) is 4.40. The molecule has 0 aliphatic heterocycles. The van der Waals surface area contributed by atoms with E-state index in [-0.39, 0.29) is 50.3 Å². The quantitative estimate of drug-likeness (QED) is 0.208. The zero-order valence-corrected chi connectivity index (χ0v) is 19.1. The Hall–Kier alpha value is 1.37. The number of phosphoric ester groups is 1. The minimum atomic E-state index is -4.83. The van der Waals surface area contributed by atoms with Crippen LogP contribution >= 0.6 is 7.82 Å². The second-order valence-corrected chi connectivity index (χ2v) is 7.87. The molecule has 6 heteroatoms. The minimum Gasteiger partial charge on any atom is -0.790 e. The molecule has 140 valence electrons. The van der Waals surface area contributed by atoms with E-state index in [1.54, 1.807) is 0 Å². The maximum atomic E-state index is 10.7. The summed E-state index contributed by atoms with van der Waals surface area (Å²) in [5.74, 6) is 0.212. The van der Waals surface area contributed by atoms with Gasteiger partial charge in [0.15, 0.2) is 0 Å². The van der Waals surface area contributed by atoms with Gasteiger partial charge in [-0.3, -0.25) is 0 Å². The van der Waals surface area contributed by atoms with Crippen LogP contribution in [0.15, 0.2) is 0 Å². The van der Waals surface area contributed by atoms with Gasteiger partial charge in [-0.2, -0.15) is 0 Å². The van der Waals surface area contributed by atoms with E-state index in [1.807, 2.05) is 0 Å². The van der Waals surface area contributed by atoms with Crippen LogP contribution in [0.25, 0.3) is 0 Å². The molecular weight excluding hydrogens is 351 g/mol. The van der Waals surface area contributed by atoms with E-state index in [0.717, 1.165) is 25.7 Å². The third-order valence-corrected chi connectivity index (χ3v) is 4.87. The van der Waals surface area contributed by atoms with E-state index in [1.165, 1.54) is 64.2 Å². The first-order chi connectivity index (χ1) is 11.0. The Balaban J connectivity index is 0. The molecule has 0 unspecified atom stereocenters. The van der Waals surface area contributed by atoms with Gasteiger partial charge in [0.25, 0.3) is 0 Å². The first kappa shape index (κ1) is 27.6. The standard InChI is InChI=1S/C18H39O4P.Ca/c1-3-5-7-9-11-13-15-18(17-22-23(19,20)21)16-14-12-10-8-6-4-2;/h18H,3-17H2,1-2H3,(H2,19,20,21);/q;+2/p-2. The van der Waals surface area contributed by atoms with Gasteiger partial charge in [-0.1, -0.05) is 90.9 Å². The summed E-state index contributed by atoms with van der Waals surface area (Å²) in [6.45, 7) is 4.49. The summed E-state index contributed by atoms with van der Waals surface area (Å²) in [5, 5.41) is 0. The number of hydrogen-bond acceptors (Lipinski definition) is 4. The first-order valence-electron chi connectivity index (χ1n) is 9.66. The van der Waals surface area contributed by atoms with Gasteiger partial charge in [-0.25, -0.2) is 0 Å². The largest absolute Gasteiger partial charge is 2.00 e. The Bertz CT molecular complexity index is 281. The van der Waals surface area contributed by atoms with E-state index in [0.29, 0.717) is 0 Å². The molecule has 0 bridgehead atoms. The number of phosphoric acid groups is 1. The number of hydrogen-bond donors (Lipinski definition) is 0. The van der Waals surface area contributed by atoms with Crippen molar-refractivity contribution in [1.82, 2.24) is 0 Å². The van der Waals surface area contributed by atoms with E-state index >= 15 is 0 Å². The molecule has 0 radical (unpaired) electrons. The molecule has 0 rings (SSSR count). The second-order valence-electron chi connectivity index (χ2n) is 6.72. The van der Waals surface area contributed by atoms with Crippen LogP contribution in [0.3, 0.4) is 0 Å². The van der Waals surface area contributed by atoms with Crippen molar-refractivity contribution in [3.05, 3.63) is 0 Å². The Kier molecular flexibility index (Phi) is 22.0. The van der Waals surface area contributed by atoms with Gasteiger partial charge in [0.05, 0.1) is 14.4 Å². The van der Waals surface area contributed by atoms with Crippen molar-refractivity contribution in [3.63, 3.8) is 0 Å². The molecule has 0 atom stereocenters. The Labute approximate surface area is 179 Å². The van der Waals surface area contributed by atoms with Crippen molar-refractivity contribution in [2.75, 3.05) is 6.61 Å². The summed E-state index contributed by atoms with van der Waals surface area (Å²) in [6.07, 6.45) is 16.7. The van der Waals surface area contributed by atoms with Crippen molar-refractivity contribution in [1.29, 1.82) is 0 Å². The van der Waals surface area contributed by atoms with Crippen LogP contribution in [0.4, 0.5) is 0 Å². The SMILES string of the molecule is CCCCCCCCC(CCCCCCCC)COP(=O)([O-])[O-].[Ca+2]. The molecule has 0 saturated heterocycles. The Morgan fingerprint density at radius 1 is 0.750 bits per heavy atom. The molecular formula is C18H37CaO4P. The summed E-state index contributed by atoms with van der Waals surface area (Å²) in [5.41, 5.74) is 0. The predicted octanol–water partition coefficient (Wildman–Crippen LogP) is 4.57. The van der Waals surface area contributed by atoms with Crippen molar-refractivity contribution in [2.45, 2.75) is 104 Å². The molecule has 0 amide bonds. The van der Waals surface area contributed by atoms with Crippen LogP contribution in [0.2, 0.25) is 0 Å². The molecule has 0 fully saturated rings. The molecule has 0 aliphatic carbocycles. The molecule has 0 aliphatic rings. The summed E-state index contributed by atoms with van der Waals surface area (Å²) >= 11 is 0. The van der Waals surface area contributed by atoms with Gasteiger partial charge in [-0.15, -0.1) is 0 Å². The maximum Gasteiger partial charge on any atom is 2.00 e. The fourth-order valence-corrected chi connectivity index (χ4v) is 3.33. The number of unbranched alkanes of at least 4 members (excludes halogenated alkanes) is 10. The first-order valence-corrected chi connectivity index (χ1v) is 11.1. The van der Waals surface area contributed by atoms with Crippen molar-refractivity contribution >= 4 is 45.6 Å². The molecule has 0 aromatic rings. The van der Waals surface area contributed by atoms with Crippen LogP contribution in [0.1, 0.15) is 104 Å². The normalized spacial score (nSPS) is 11.7. The van der Waals surface area contributed by atoms with Gasteiger partial charge in [0, 0.05) is 0 Å². The summed E-state index contributed by atoms with van der Waals surface area (Å²) < 4.78 is 15.2. The van der Waals surface area contributed by atoms with Gasteiger partial charge >= 0.3 is 37.7 Å². The summed E-state index contributed by atoms with van der Waals surface area (Å²) in [6, 6.07) is 0. The van der Waals surface area contributed by atoms with E-state index in [9.17, 15) is 14.4 Å². The molecule has 24 heavy (non-hydrogen) atoms.